The second kappa shape index (κ2) is 3.43. The molecule has 116 valence electrons. The Kier molecular flexibility index (Phi) is 2.53. The molecule has 0 radical (unpaired) electrons. The molecule has 3 heterocycles. The molecule has 0 amide bonds. The van der Waals surface area contributed by atoms with Crippen LogP contribution in [0.25, 0.3) is 0 Å². The zero-order chi connectivity index (χ0) is 15.2. The first-order chi connectivity index (χ1) is 8.74. The van der Waals surface area contributed by atoms with Crippen LogP contribution in [-0.2, 0) is 18.9 Å². The van der Waals surface area contributed by atoms with E-state index in [0.29, 0.717) is 0 Å². The van der Waals surface area contributed by atoms with Crippen LogP contribution in [0.15, 0.2) is 0 Å². The molecule has 3 fully saturated rings. The Labute approximate surface area is 122 Å². The Balaban J connectivity index is 2.04. The third-order valence-corrected chi connectivity index (χ3v) is 5.23. The summed E-state index contributed by atoms with van der Waals surface area (Å²) in [5, 5.41) is 0. The van der Waals surface area contributed by atoms with Crippen LogP contribution in [0.3, 0.4) is 0 Å². The minimum atomic E-state index is -0.787. The van der Waals surface area contributed by atoms with Gasteiger partial charge >= 0.3 is 0 Å². The first kappa shape index (κ1) is 14.8. The van der Waals surface area contributed by atoms with E-state index in [-0.39, 0.29) is 11.2 Å². The summed E-state index contributed by atoms with van der Waals surface area (Å²) in [5.74, 6) is -1.57. The van der Waals surface area contributed by atoms with Crippen molar-refractivity contribution in [1.82, 2.24) is 0 Å². The van der Waals surface area contributed by atoms with Crippen LogP contribution in [0.1, 0.15) is 68.2 Å². The van der Waals surface area contributed by atoms with Gasteiger partial charge in [0.25, 0.3) is 0 Å². The Bertz CT molecular complexity index is 381. The number of rotatable bonds is 0. The molecule has 0 aromatic carbocycles. The molecular formula is C16H28O4. The predicted octanol–water partition coefficient (Wildman–Crippen LogP) is 3.38. The molecule has 4 nitrogen and oxygen atoms in total. The molecule has 0 saturated carbocycles. The highest BCUT2D eigenvalue weighted by molar-refractivity contribution is 5.14. The minimum Gasteiger partial charge on any atom is -0.358 e. The third kappa shape index (κ3) is 1.75. The molecule has 3 aliphatic heterocycles. The van der Waals surface area contributed by atoms with E-state index >= 15 is 0 Å². The molecule has 4 heteroatoms. The smallest absolute Gasteiger partial charge is 0.198 e. The number of fused-ring (bicyclic) bond motifs is 2. The lowest BCUT2D eigenvalue weighted by atomic mass is 9.82. The summed E-state index contributed by atoms with van der Waals surface area (Å²) in [4.78, 5) is 0. The van der Waals surface area contributed by atoms with Crippen LogP contribution in [0.5, 0.6) is 0 Å². The van der Waals surface area contributed by atoms with E-state index in [1.807, 2.05) is 13.8 Å². The first-order valence-electron chi connectivity index (χ1n) is 7.55. The summed E-state index contributed by atoms with van der Waals surface area (Å²) in [6.45, 7) is 16.5. The molecular weight excluding hydrogens is 256 g/mol. The number of hydrogen-bond donors (Lipinski definition) is 0. The van der Waals surface area contributed by atoms with E-state index in [9.17, 15) is 0 Å². The van der Waals surface area contributed by atoms with Crippen molar-refractivity contribution in [2.24, 2.45) is 0 Å². The fourth-order valence-corrected chi connectivity index (χ4v) is 4.67. The van der Waals surface area contributed by atoms with Gasteiger partial charge in [0.05, 0.1) is 11.2 Å². The molecule has 3 aliphatic rings. The minimum absolute atomic E-state index is 0.260. The Morgan fingerprint density at radius 1 is 0.500 bits per heavy atom. The van der Waals surface area contributed by atoms with Crippen LogP contribution >= 0.6 is 0 Å². The lowest BCUT2D eigenvalue weighted by molar-refractivity contribution is -0.459. The molecule has 0 aromatic heterocycles. The first-order valence-corrected chi connectivity index (χ1v) is 7.55. The summed E-state index contributed by atoms with van der Waals surface area (Å²) in [5.41, 5.74) is -1.45. The lowest BCUT2D eigenvalue weighted by Gasteiger charge is -2.56. The van der Waals surface area contributed by atoms with Crippen LogP contribution in [0.2, 0.25) is 0 Å². The highest BCUT2D eigenvalue weighted by Gasteiger charge is 2.73. The number of hydrogen-bond acceptors (Lipinski definition) is 4. The van der Waals surface area contributed by atoms with E-state index in [1.165, 1.54) is 0 Å². The second-order valence-electron chi connectivity index (χ2n) is 8.63. The topological polar surface area (TPSA) is 36.9 Å². The van der Waals surface area contributed by atoms with Gasteiger partial charge in [0.1, 0.15) is 11.2 Å². The molecule has 3 saturated heterocycles. The van der Waals surface area contributed by atoms with Gasteiger partial charge in [-0.05, 0) is 55.4 Å². The molecule has 0 aromatic rings. The summed E-state index contributed by atoms with van der Waals surface area (Å²) >= 11 is 0. The van der Waals surface area contributed by atoms with E-state index in [0.717, 1.165) is 12.8 Å². The third-order valence-electron chi connectivity index (χ3n) is 5.23. The molecule has 20 heavy (non-hydrogen) atoms. The van der Waals surface area contributed by atoms with Crippen molar-refractivity contribution >= 4 is 0 Å². The zero-order valence-corrected chi connectivity index (χ0v) is 14.0. The average molecular weight is 284 g/mol. The van der Waals surface area contributed by atoms with Gasteiger partial charge in [-0.15, -0.1) is 0 Å². The molecule has 0 spiro atoms. The molecule has 0 unspecified atom stereocenters. The lowest BCUT2D eigenvalue weighted by Crippen LogP contribution is -2.69. The van der Waals surface area contributed by atoms with Crippen molar-refractivity contribution in [3.63, 3.8) is 0 Å². The number of ether oxygens (including phenoxy) is 4. The second-order valence-corrected chi connectivity index (χ2v) is 8.63. The van der Waals surface area contributed by atoms with Crippen LogP contribution < -0.4 is 0 Å². The van der Waals surface area contributed by atoms with E-state index in [1.54, 1.807) is 0 Å². The van der Waals surface area contributed by atoms with Gasteiger partial charge in [-0.3, -0.25) is 0 Å². The largest absolute Gasteiger partial charge is 0.358 e. The fraction of sp³-hybridized carbons (Fsp3) is 1.00. The van der Waals surface area contributed by atoms with Gasteiger partial charge in [-0.25, -0.2) is 0 Å². The maximum absolute atomic E-state index is 6.61. The Hall–Kier alpha value is -0.160. The zero-order valence-electron chi connectivity index (χ0n) is 14.0. The molecule has 0 bridgehead atoms. The Morgan fingerprint density at radius 3 is 1.20 bits per heavy atom. The fourth-order valence-electron chi connectivity index (χ4n) is 4.67. The predicted molar refractivity (Wildman–Crippen MR) is 75.4 cm³/mol. The molecule has 0 aliphatic carbocycles. The van der Waals surface area contributed by atoms with Gasteiger partial charge in [-0.2, -0.15) is 0 Å². The van der Waals surface area contributed by atoms with Crippen molar-refractivity contribution in [1.29, 1.82) is 0 Å². The molecule has 4 atom stereocenters. The van der Waals surface area contributed by atoms with E-state index in [4.69, 9.17) is 18.9 Å². The highest BCUT2D eigenvalue weighted by atomic mass is 16.8. The quantitative estimate of drug-likeness (QED) is 0.683. The highest BCUT2D eigenvalue weighted by Crippen LogP contribution is 2.61. The van der Waals surface area contributed by atoms with E-state index in [2.05, 4.69) is 41.5 Å². The van der Waals surface area contributed by atoms with Gasteiger partial charge < -0.3 is 18.9 Å². The summed E-state index contributed by atoms with van der Waals surface area (Å²) in [6, 6.07) is 0. The molecule has 0 N–H and O–H groups in total. The van der Waals surface area contributed by atoms with Crippen molar-refractivity contribution in [2.75, 3.05) is 0 Å². The normalized spacial score (nSPS) is 56.4. The van der Waals surface area contributed by atoms with Gasteiger partial charge in [0, 0.05) is 12.8 Å². The SMILES string of the molecule is CC1(C)C[C@@]2(C)O[C@@]3(C)CC(C)(C)O[C@]3(C)O[C@@]2(C)O1. The van der Waals surface area contributed by atoms with Crippen LogP contribution in [-0.4, -0.2) is 34.0 Å². The average Bonchev–Trinajstić information content (AvgIpc) is 2.35. The van der Waals surface area contributed by atoms with Gasteiger partial charge in [-0.1, -0.05) is 0 Å². The van der Waals surface area contributed by atoms with Crippen molar-refractivity contribution in [3.05, 3.63) is 0 Å². The maximum atomic E-state index is 6.61. The Morgan fingerprint density at radius 2 is 0.850 bits per heavy atom. The summed E-state index contributed by atoms with van der Waals surface area (Å²) < 4.78 is 25.4. The van der Waals surface area contributed by atoms with Crippen LogP contribution in [0.4, 0.5) is 0 Å². The monoisotopic (exact) mass is 284 g/mol. The van der Waals surface area contributed by atoms with Crippen molar-refractivity contribution in [3.8, 4) is 0 Å². The van der Waals surface area contributed by atoms with Crippen molar-refractivity contribution < 1.29 is 18.9 Å². The summed E-state index contributed by atoms with van der Waals surface area (Å²) in [7, 11) is 0. The molecule has 3 rings (SSSR count). The van der Waals surface area contributed by atoms with Gasteiger partial charge in [0.2, 0.25) is 0 Å². The standard InChI is InChI=1S/C16H28O4/c1-11(2)9-13(5)15(7,17-11)20-16(8)14(6,19-13)10-12(3,4)18-16/h9-10H2,1-8H3/t13-,14+,15-,16-/m1/s1. The van der Waals surface area contributed by atoms with Gasteiger partial charge in [0.15, 0.2) is 11.6 Å². The maximum Gasteiger partial charge on any atom is 0.198 e. The van der Waals surface area contributed by atoms with Crippen LogP contribution in [0, 0.1) is 0 Å². The summed E-state index contributed by atoms with van der Waals surface area (Å²) in [6.07, 6.45) is 1.62. The van der Waals surface area contributed by atoms with E-state index < -0.39 is 22.8 Å². The van der Waals surface area contributed by atoms with Crippen molar-refractivity contribution in [2.45, 2.75) is 102 Å².